The molecule has 2 aromatic rings. The molecule has 0 saturated heterocycles. The number of nitrogen functional groups attached to an aromatic ring is 2. The maximum atomic E-state index is 10.6. The van der Waals surface area contributed by atoms with Gasteiger partial charge in [-0.05, 0) is 24.3 Å². The van der Waals surface area contributed by atoms with Crippen LogP contribution in [-0.4, -0.2) is 21.6 Å². The summed E-state index contributed by atoms with van der Waals surface area (Å²) in [5, 5.41) is 7.91. The maximum absolute atomic E-state index is 10.6. The van der Waals surface area contributed by atoms with Crippen molar-refractivity contribution >= 4 is 30.8 Å². The Bertz CT molecular complexity index is 763. The van der Waals surface area contributed by atoms with Gasteiger partial charge < -0.3 is 26.0 Å². The minimum atomic E-state index is -4.61. The van der Waals surface area contributed by atoms with E-state index in [1.54, 1.807) is 30.3 Å². The van der Waals surface area contributed by atoms with E-state index in [0.29, 0.717) is 11.4 Å². The van der Waals surface area contributed by atoms with Crippen molar-refractivity contribution in [3.8, 4) is 5.75 Å². The average molecular weight is 339 g/mol. The van der Waals surface area contributed by atoms with Gasteiger partial charge in [-0.25, -0.2) is 14.1 Å². The van der Waals surface area contributed by atoms with Crippen molar-refractivity contribution in [2.75, 3.05) is 18.3 Å². The molecule has 0 aliphatic carbocycles. The summed E-state index contributed by atoms with van der Waals surface area (Å²) in [5.74, 6) is 0.614. The first-order chi connectivity index (χ1) is 10.8. The normalized spacial score (nSPS) is 11.7. The molecule has 0 bridgehead atoms. The van der Waals surface area contributed by atoms with E-state index in [0.717, 1.165) is 0 Å². The lowest BCUT2D eigenvalue weighted by Gasteiger charge is -2.09. The van der Waals surface area contributed by atoms with Crippen molar-refractivity contribution < 1.29 is 23.6 Å². The summed E-state index contributed by atoms with van der Waals surface area (Å²) in [6.45, 7) is -0.637. The molecule has 11 heteroatoms. The third kappa shape index (κ3) is 5.31. The zero-order chi connectivity index (χ0) is 16.9. The summed E-state index contributed by atoms with van der Waals surface area (Å²) < 4.78 is 19.9. The Morgan fingerprint density at radius 3 is 2.48 bits per heavy atom. The number of benzene rings is 1. The molecular weight excluding hydrogens is 325 g/mol. The van der Waals surface area contributed by atoms with Crippen molar-refractivity contribution in [3.05, 3.63) is 36.4 Å². The van der Waals surface area contributed by atoms with Gasteiger partial charge in [0.05, 0.1) is 0 Å². The first-order valence-corrected chi connectivity index (χ1v) is 7.74. The number of anilines is 2. The molecule has 10 nitrogen and oxygen atoms in total. The molecule has 0 spiro atoms. The highest BCUT2D eigenvalue weighted by atomic mass is 31.2. The number of nitrogens with two attached hydrogens (primary N) is 2. The summed E-state index contributed by atoms with van der Waals surface area (Å²) >= 11 is 0. The lowest BCUT2D eigenvalue weighted by Crippen LogP contribution is -2.00. The monoisotopic (exact) mass is 339 g/mol. The van der Waals surface area contributed by atoms with Crippen molar-refractivity contribution in [3.63, 3.8) is 0 Å². The Balaban J connectivity index is 2.13. The molecule has 0 aliphatic rings. The minimum absolute atomic E-state index is 0.122. The number of phosphoric ester groups is 1. The molecule has 0 saturated carbocycles. The van der Waals surface area contributed by atoms with E-state index in [1.165, 1.54) is 6.07 Å². The van der Waals surface area contributed by atoms with Gasteiger partial charge in [0.15, 0.2) is 12.6 Å². The SMILES string of the molecule is Nc1ccc(/N=N/c2ccccc2OCOP(=O)(O)O)c(N)n1. The molecule has 1 heterocycles. The van der Waals surface area contributed by atoms with Gasteiger partial charge >= 0.3 is 7.82 Å². The van der Waals surface area contributed by atoms with Gasteiger partial charge in [0.2, 0.25) is 0 Å². The van der Waals surface area contributed by atoms with Crippen molar-refractivity contribution in [1.82, 2.24) is 4.98 Å². The van der Waals surface area contributed by atoms with Crippen LogP contribution in [0.5, 0.6) is 5.75 Å². The Morgan fingerprint density at radius 1 is 1.09 bits per heavy atom. The number of ether oxygens (including phenoxy) is 1. The zero-order valence-electron chi connectivity index (χ0n) is 11.7. The topological polar surface area (TPSA) is 166 Å². The molecule has 2 rings (SSSR count). The van der Waals surface area contributed by atoms with Gasteiger partial charge in [0.1, 0.15) is 22.9 Å². The second kappa shape index (κ2) is 7.16. The third-order valence-corrected chi connectivity index (χ3v) is 2.93. The lowest BCUT2D eigenvalue weighted by atomic mass is 10.3. The van der Waals surface area contributed by atoms with Crippen LogP contribution in [-0.2, 0) is 9.09 Å². The van der Waals surface area contributed by atoms with E-state index >= 15 is 0 Å². The van der Waals surface area contributed by atoms with Gasteiger partial charge in [-0.3, -0.25) is 0 Å². The highest BCUT2D eigenvalue weighted by Gasteiger charge is 2.14. The fraction of sp³-hybridized carbons (Fsp3) is 0.0833. The van der Waals surface area contributed by atoms with Crippen LogP contribution >= 0.6 is 7.82 Å². The largest absolute Gasteiger partial charge is 0.472 e. The summed E-state index contributed by atoms with van der Waals surface area (Å²) in [7, 11) is -4.61. The number of aromatic nitrogens is 1. The van der Waals surface area contributed by atoms with E-state index in [1.807, 2.05) is 0 Å². The third-order valence-electron chi connectivity index (χ3n) is 2.49. The Morgan fingerprint density at radius 2 is 1.78 bits per heavy atom. The first-order valence-electron chi connectivity index (χ1n) is 6.21. The number of azo groups is 1. The molecule has 6 N–H and O–H groups in total. The predicted octanol–water partition coefficient (Wildman–Crippen LogP) is 2.11. The van der Waals surface area contributed by atoms with Gasteiger partial charge in [-0.1, -0.05) is 12.1 Å². The van der Waals surface area contributed by atoms with Crippen molar-refractivity contribution in [2.45, 2.75) is 0 Å². The van der Waals surface area contributed by atoms with Crippen LogP contribution in [0.2, 0.25) is 0 Å². The quantitative estimate of drug-likeness (QED) is 0.353. The minimum Gasteiger partial charge on any atom is -0.465 e. The Kier molecular flexibility index (Phi) is 5.24. The number of phosphoric acid groups is 1. The van der Waals surface area contributed by atoms with Crippen LogP contribution < -0.4 is 16.2 Å². The van der Waals surface area contributed by atoms with Crippen LogP contribution in [0, 0.1) is 0 Å². The molecule has 0 unspecified atom stereocenters. The van der Waals surface area contributed by atoms with E-state index in [4.69, 9.17) is 26.0 Å². The van der Waals surface area contributed by atoms with E-state index < -0.39 is 14.6 Å². The van der Waals surface area contributed by atoms with Gasteiger partial charge in [-0.15, -0.1) is 10.2 Å². The maximum Gasteiger partial charge on any atom is 0.472 e. The van der Waals surface area contributed by atoms with Crippen molar-refractivity contribution in [2.24, 2.45) is 10.2 Å². The van der Waals surface area contributed by atoms with Crippen LogP contribution in [0.1, 0.15) is 0 Å². The van der Waals surface area contributed by atoms with Crippen molar-refractivity contribution in [1.29, 1.82) is 0 Å². The molecular formula is C12H14N5O5P. The average Bonchev–Trinajstić information content (AvgIpc) is 2.46. The van der Waals surface area contributed by atoms with E-state index in [2.05, 4.69) is 19.7 Å². The molecule has 0 radical (unpaired) electrons. The number of rotatable bonds is 6. The molecule has 0 atom stereocenters. The van der Waals surface area contributed by atoms with Gasteiger partial charge in [0.25, 0.3) is 0 Å². The molecule has 122 valence electrons. The van der Waals surface area contributed by atoms with Crippen LogP contribution in [0.3, 0.4) is 0 Å². The number of hydrogen-bond acceptors (Lipinski definition) is 8. The smallest absolute Gasteiger partial charge is 0.465 e. The first kappa shape index (κ1) is 16.8. The second-order valence-corrected chi connectivity index (χ2v) is 5.43. The summed E-state index contributed by atoms with van der Waals surface area (Å²) in [6, 6.07) is 9.57. The number of para-hydroxylation sites is 1. The zero-order valence-corrected chi connectivity index (χ0v) is 12.6. The number of nitrogens with zero attached hydrogens (tertiary/aromatic N) is 3. The van der Waals surface area contributed by atoms with Crippen LogP contribution in [0.4, 0.5) is 23.0 Å². The number of hydrogen-bond donors (Lipinski definition) is 4. The highest BCUT2D eigenvalue weighted by Crippen LogP contribution is 2.36. The summed E-state index contributed by atoms with van der Waals surface area (Å²) in [5.41, 5.74) is 11.8. The molecule has 1 aromatic heterocycles. The second-order valence-electron chi connectivity index (χ2n) is 4.19. The van der Waals surface area contributed by atoms with E-state index in [-0.39, 0.29) is 17.4 Å². The molecule has 0 amide bonds. The van der Waals surface area contributed by atoms with Crippen LogP contribution in [0.25, 0.3) is 0 Å². The number of pyridine rings is 1. The van der Waals surface area contributed by atoms with E-state index in [9.17, 15) is 4.57 Å². The lowest BCUT2D eigenvalue weighted by molar-refractivity contribution is 0.0833. The van der Waals surface area contributed by atoms with Gasteiger partial charge in [0, 0.05) is 0 Å². The Labute approximate surface area is 131 Å². The fourth-order valence-corrected chi connectivity index (χ4v) is 1.69. The highest BCUT2D eigenvalue weighted by molar-refractivity contribution is 7.46. The summed E-state index contributed by atoms with van der Waals surface area (Å²) in [4.78, 5) is 21.1. The molecule has 0 fully saturated rings. The standard InChI is InChI=1S/C12H14N5O5P/c13-11-6-5-9(12(14)15-11)17-16-8-3-1-2-4-10(8)21-7-22-23(18,19)20/h1-6H,7H2,(H4,13,14,15)(H2,18,19,20)/b17-16+. The van der Waals surface area contributed by atoms with Crippen LogP contribution in [0.15, 0.2) is 46.6 Å². The predicted molar refractivity (Wildman–Crippen MR) is 82.3 cm³/mol. The molecule has 0 aliphatic heterocycles. The Hall–Kier alpha value is -2.52. The summed E-state index contributed by atoms with van der Waals surface area (Å²) in [6.07, 6.45) is 0. The van der Waals surface area contributed by atoms with Gasteiger partial charge in [-0.2, -0.15) is 0 Å². The fourth-order valence-electron chi connectivity index (χ4n) is 1.50. The molecule has 1 aromatic carbocycles. The molecule has 23 heavy (non-hydrogen) atoms.